The van der Waals surface area contributed by atoms with E-state index < -0.39 is 22.0 Å². The number of rotatable bonds is 7. The first kappa shape index (κ1) is 21.2. The summed E-state index contributed by atoms with van der Waals surface area (Å²) in [5, 5.41) is 3.16. The van der Waals surface area contributed by atoms with Crippen LogP contribution in [-0.4, -0.2) is 33.7 Å². The molecule has 0 saturated carbocycles. The average molecular weight is 411 g/mol. The van der Waals surface area contributed by atoms with Gasteiger partial charge in [-0.3, -0.25) is 9.10 Å². The average Bonchev–Trinajstić information content (AvgIpc) is 2.57. The van der Waals surface area contributed by atoms with Crippen LogP contribution in [0.4, 0.5) is 11.4 Å². The van der Waals surface area contributed by atoms with E-state index >= 15 is 0 Å². The fourth-order valence-corrected chi connectivity index (χ4v) is 4.14. The van der Waals surface area contributed by atoms with Crippen LogP contribution in [0.3, 0.4) is 0 Å². The normalized spacial score (nSPS) is 12.5. The first-order valence-electron chi connectivity index (χ1n) is 8.27. The van der Waals surface area contributed by atoms with Crippen molar-refractivity contribution in [2.75, 3.05) is 23.0 Å². The molecule has 2 rings (SSSR count). The summed E-state index contributed by atoms with van der Waals surface area (Å²) in [7, 11) is -2.13. The van der Waals surface area contributed by atoms with Crippen LogP contribution in [0.2, 0.25) is 5.02 Å². The maximum atomic E-state index is 12.8. The summed E-state index contributed by atoms with van der Waals surface area (Å²) in [4.78, 5) is 12.8. The van der Waals surface area contributed by atoms with Crippen molar-refractivity contribution in [3.8, 4) is 0 Å². The number of amides is 1. The first-order chi connectivity index (χ1) is 12.6. The van der Waals surface area contributed by atoms with Crippen LogP contribution in [0.5, 0.6) is 0 Å². The van der Waals surface area contributed by atoms with Crippen LogP contribution in [0, 0.1) is 6.92 Å². The van der Waals surface area contributed by atoms with E-state index in [9.17, 15) is 13.2 Å². The van der Waals surface area contributed by atoms with E-state index in [2.05, 4.69) is 5.32 Å². The Labute approximate surface area is 165 Å². The molecule has 0 aromatic heterocycles. The number of halogens is 1. The number of ether oxygens (including phenoxy) is 1. The van der Waals surface area contributed by atoms with Crippen LogP contribution in [0.15, 0.2) is 42.5 Å². The second-order valence-corrected chi connectivity index (χ2v) is 8.58. The lowest BCUT2D eigenvalue weighted by Gasteiger charge is -2.29. The number of hydrogen-bond acceptors (Lipinski definition) is 4. The summed E-state index contributed by atoms with van der Waals surface area (Å²) in [5.74, 6) is -0.450. The Hall–Kier alpha value is -2.09. The molecule has 2 aromatic rings. The SMILES string of the molecule is COCc1cccc(NC(=O)[C@@H](C)N(c2cc(Cl)ccc2C)S(C)(=O)=O)c1. The molecular formula is C19H23ClN2O4S. The zero-order valence-corrected chi connectivity index (χ0v) is 17.3. The summed E-state index contributed by atoms with van der Waals surface area (Å²) >= 11 is 6.04. The Bertz CT molecular complexity index is 931. The summed E-state index contributed by atoms with van der Waals surface area (Å²) in [6.07, 6.45) is 1.07. The van der Waals surface area contributed by atoms with Crippen molar-refractivity contribution in [2.24, 2.45) is 0 Å². The molecule has 0 aliphatic carbocycles. The Kier molecular flexibility index (Phi) is 6.86. The maximum absolute atomic E-state index is 12.8. The van der Waals surface area contributed by atoms with E-state index in [0.29, 0.717) is 28.6 Å². The fourth-order valence-electron chi connectivity index (χ4n) is 2.75. The van der Waals surface area contributed by atoms with Gasteiger partial charge in [-0.15, -0.1) is 0 Å². The number of aryl methyl sites for hydroxylation is 1. The van der Waals surface area contributed by atoms with E-state index in [4.69, 9.17) is 16.3 Å². The molecule has 8 heteroatoms. The number of methoxy groups -OCH3 is 1. The molecule has 0 aliphatic heterocycles. The highest BCUT2D eigenvalue weighted by Crippen LogP contribution is 2.28. The molecular weight excluding hydrogens is 388 g/mol. The van der Waals surface area contributed by atoms with Gasteiger partial charge in [0.15, 0.2) is 0 Å². The molecule has 0 aliphatic rings. The predicted octanol–water partition coefficient (Wildman–Crippen LogP) is 3.59. The van der Waals surface area contributed by atoms with Crippen LogP contribution in [-0.2, 0) is 26.2 Å². The van der Waals surface area contributed by atoms with Crippen molar-refractivity contribution < 1.29 is 17.9 Å². The highest BCUT2D eigenvalue weighted by molar-refractivity contribution is 7.92. The quantitative estimate of drug-likeness (QED) is 0.756. The van der Waals surface area contributed by atoms with Gasteiger partial charge in [-0.25, -0.2) is 8.42 Å². The molecule has 0 heterocycles. The topological polar surface area (TPSA) is 75.7 Å². The lowest BCUT2D eigenvalue weighted by molar-refractivity contribution is -0.116. The fraction of sp³-hybridized carbons (Fsp3) is 0.316. The number of carbonyl (C=O) groups excluding carboxylic acids is 1. The Morgan fingerprint density at radius 2 is 1.96 bits per heavy atom. The molecule has 0 fully saturated rings. The van der Waals surface area contributed by atoms with Crippen molar-refractivity contribution in [3.05, 3.63) is 58.6 Å². The summed E-state index contributed by atoms with van der Waals surface area (Å²) < 4.78 is 31.0. The zero-order valence-electron chi connectivity index (χ0n) is 15.7. The Morgan fingerprint density at radius 1 is 1.26 bits per heavy atom. The van der Waals surface area contributed by atoms with Crippen molar-refractivity contribution in [2.45, 2.75) is 26.5 Å². The number of sulfonamides is 1. The lowest BCUT2D eigenvalue weighted by Crippen LogP contribution is -2.45. The number of benzene rings is 2. The minimum atomic E-state index is -3.72. The number of anilines is 2. The smallest absolute Gasteiger partial charge is 0.247 e. The Morgan fingerprint density at radius 3 is 2.59 bits per heavy atom. The molecule has 27 heavy (non-hydrogen) atoms. The number of hydrogen-bond donors (Lipinski definition) is 1. The van der Waals surface area contributed by atoms with Gasteiger partial charge in [0.2, 0.25) is 15.9 Å². The van der Waals surface area contributed by atoms with Gasteiger partial charge in [-0.2, -0.15) is 0 Å². The number of carbonyl (C=O) groups is 1. The standard InChI is InChI=1S/C19H23ClN2O4S/c1-13-8-9-16(20)11-18(13)22(27(4,24)25)14(2)19(23)21-17-7-5-6-15(10-17)12-26-3/h5-11,14H,12H2,1-4H3,(H,21,23)/t14-/m1/s1. The summed E-state index contributed by atoms with van der Waals surface area (Å²) in [5.41, 5.74) is 2.54. The lowest BCUT2D eigenvalue weighted by atomic mass is 10.1. The summed E-state index contributed by atoms with van der Waals surface area (Å²) in [6, 6.07) is 11.2. The molecule has 6 nitrogen and oxygen atoms in total. The van der Waals surface area contributed by atoms with Crippen molar-refractivity contribution >= 4 is 38.9 Å². The minimum absolute atomic E-state index is 0.376. The van der Waals surface area contributed by atoms with Gasteiger partial charge < -0.3 is 10.1 Å². The molecule has 0 saturated heterocycles. The summed E-state index contributed by atoms with van der Waals surface area (Å²) in [6.45, 7) is 3.72. The van der Waals surface area contributed by atoms with Crippen molar-refractivity contribution in [1.29, 1.82) is 0 Å². The van der Waals surface area contributed by atoms with E-state index in [1.165, 1.54) is 6.92 Å². The highest BCUT2D eigenvalue weighted by Gasteiger charge is 2.30. The van der Waals surface area contributed by atoms with Gasteiger partial charge >= 0.3 is 0 Å². The maximum Gasteiger partial charge on any atom is 0.247 e. The third-order valence-electron chi connectivity index (χ3n) is 4.00. The molecule has 1 atom stereocenters. The second-order valence-electron chi connectivity index (χ2n) is 6.29. The van der Waals surface area contributed by atoms with E-state index in [0.717, 1.165) is 16.1 Å². The van der Waals surface area contributed by atoms with Gasteiger partial charge in [0.05, 0.1) is 18.6 Å². The van der Waals surface area contributed by atoms with Crippen LogP contribution in [0.1, 0.15) is 18.1 Å². The van der Waals surface area contributed by atoms with Gasteiger partial charge in [0, 0.05) is 17.8 Å². The molecule has 0 bridgehead atoms. The molecule has 146 valence electrons. The van der Waals surface area contributed by atoms with Crippen LogP contribution < -0.4 is 9.62 Å². The molecule has 2 aromatic carbocycles. The van der Waals surface area contributed by atoms with Gasteiger partial charge in [0.25, 0.3) is 0 Å². The largest absolute Gasteiger partial charge is 0.380 e. The van der Waals surface area contributed by atoms with Gasteiger partial charge in [-0.1, -0.05) is 29.8 Å². The van der Waals surface area contributed by atoms with Gasteiger partial charge in [-0.05, 0) is 49.2 Å². The van der Waals surface area contributed by atoms with Crippen LogP contribution >= 0.6 is 11.6 Å². The first-order valence-corrected chi connectivity index (χ1v) is 10.5. The zero-order chi connectivity index (χ0) is 20.2. The van der Waals surface area contributed by atoms with Crippen molar-refractivity contribution in [1.82, 2.24) is 0 Å². The molecule has 0 spiro atoms. The molecule has 1 N–H and O–H groups in total. The minimum Gasteiger partial charge on any atom is -0.380 e. The number of nitrogens with one attached hydrogen (secondary N) is 1. The molecule has 0 radical (unpaired) electrons. The third-order valence-corrected chi connectivity index (χ3v) is 5.47. The predicted molar refractivity (Wildman–Crippen MR) is 109 cm³/mol. The van der Waals surface area contributed by atoms with Crippen LogP contribution in [0.25, 0.3) is 0 Å². The van der Waals surface area contributed by atoms with E-state index in [-0.39, 0.29) is 0 Å². The molecule has 0 unspecified atom stereocenters. The molecule has 1 amide bonds. The van der Waals surface area contributed by atoms with Gasteiger partial charge in [0.1, 0.15) is 6.04 Å². The second kappa shape index (κ2) is 8.73. The van der Waals surface area contributed by atoms with E-state index in [1.54, 1.807) is 50.4 Å². The van der Waals surface area contributed by atoms with Crippen molar-refractivity contribution in [3.63, 3.8) is 0 Å². The van der Waals surface area contributed by atoms with E-state index in [1.807, 2.05) is 6.07 Å². The monoisotopic (exact) mass is 410 g/mol. The Balaban J connectivity index is 2.33. The number of nitrogens with zero attached hydrogens (tertiary/aromatic N) is 1. The third kappa shape index (κ3) is 5.45. The highest BCUT2D eigenvalue weighted by atomic mass is 35.5.